The highest BCUT2D eigenvalue weighted by Gasteiger charge is 2.36. The van der Waals surface area contributed by atoms with Gasteiger partial charge in [-0.15, -0.1) is 15.8 Å². The van der Waals surface area contributed by atoms with Gasteiger partial charge in [-0.25, -0.2) is 4.39 Å². The molecule has 4 heteroatoms. The number of hydrogen-bond donors (Lipinski definition) is 0. The minimum absolute atomic E-state index is 0.0199. The Morgan fingerprint density at radius 2 is 1.64 bits per heavy atom. The molecule has 0 aromatic heterocycles. The monoisotopic (exact) mass is 357 g/mol. The third kappa shape index (κ3) is 2.72. The van der Waals surface area contributed by atoms with Crippen molar-refractivity contribution in [2.75, 3.05) is 4.81 Å². The summed E-state index contributed by atoms with van der Waals surface area (Å²) in [7, 11) is 0. The van der Waals surface area contributed by atoms with Gasteiger partial charge in [0.05, 0.1) is 0 Å². The Labute approximate surface area is 139 Å². The highest BCUT2D eigenvalue weighted by Crippen LogP contribution is 2.37. The minimum Gasteiger partial charge on any atom is -0.374 e. The van der Waals surface area contributed by atoms with Crippen LogP contribution in [0.2, 0.25) is 0 Å². The van der Waals surface area contributed by atoms with E-state index in [0.29, 0.717) is 0 Å². The van der Waals surface area contributed by atoms with Crippen molar-refractivity contribution in [3.05, 3.63) is 65.6 Å². The molecule has 1 heterocycles. The zero-order valence-electron chi connectivity index (χ0n) is 13.0. The van der Waals surface area contributed by atoms with E-state index in [0.717, 1.165) is 5.69 Å². The van der Waals surface area contributed by atoms with Crippen LogP contribution in [0.25, 0.3) is 6.08 Å². The normalized spacial score (nSPS) is 14.7. The molecular formula is C18H18BBrFN. The van der Waals surface area contributed by atoms with Gasteiger partial charge in [-0.1, -0.05) is 45.0 Å². The van der Waals surface area contributed by atoms with Crippen molar-refractivity contribution in [3.8, 4) is 0 Å². The Bertz CT molecular complexity index is 719. The van der Waals surface area contributed by atoms with E-state index in [9.17, 15) is 4.39 Å². The quantitative estimate of drug-likeness (QED) is 0.661. The van der Waals surface area contributed by atoms with Gasteiger partial charge in [0, 0.05) is 16.8 Å². The highest BCUT2D eigenvalue weighted by atomic mass is 79.9. The second-order valence-corrected chi connectivity index (χ2v) is 7.46. The topological polar surface area (TPSA) is 3.24 Å². The lowest BCUT2D eigenvalue weighted by molar-refractivity contribution is 0.502. The Morgan fingerprint density at radius 3 is 2.27 bits per heavy atom. The van der Waals surface area contributed by atoms with Crippen molar-refractivity contribution in [3.63, 3.8) is 0 Å². The molecule has 0 radical (unpaired) electrons. The molecule has 0 amide bonds. The molecule has 0 saturated heterocycles. The Hall–Kier alpha value is -1.55. The standard InChI is InChI=1S/C18H18BBrFN/c1-18(2,3)17-12-13-6-4-5-7-16(13)19(20)22(17)15-10-8-14(21)9-11-15/h4-12H,1-3H3. The summed E-state index contributed by atoms with van der Waals surface area (Å²) in [6.07, 6.45) is 2.23. The highest BCUT2D eigenvalue weighted by molar-refractivity contribution is 9.25. The first-order valence-electron chi connectivity index (χ1n) is 7.38. The maximum atomic E-state index is 13.3. The van der Waals surface area contributed by atoms with Crippen LogP contribution in [0.1, 0.15) is 26.3 Å². The Morgan fingerprint density at radius 1 is 1.00 bits per heavy atom. The fourth-order valence-corrected chi connectivity index (χ4v) is 3.66. The first-order chi connectivity index (χ1) is 10.4. The zero-order chi connectivity index (χ0) is 15.9. The average molecular weight is 358 g/mol. The fourth-order valence-electron chi connectivity index (χ4n) is 2.79. The van der Waals surface area contributed by atoms with E-state index in [1.165, 1.54) is 28.9 Å². The lowest BCUT2D eigenvalue weighted by Crippen LogP contribution is -2.49. The molecule has 1 nitrogen and oxygen atoms in total. The molecule has 0 N–H and O–H groups in total. The van der Waals surface area contributed by atoms with Crippen molar-refractivity contribution >= 4 is 38.7 Å². The van der Waals surface area contributed by atoms with Gasteiger partial charge in [-0.3, -0.25) is 0 Å². The number of fused-ring (bicyclic) bond motifs is 1. The summed E-state index contributed by atoms with van der Waals surface area (Å²) in [4.78, 5) is 2.24. The maximum Gasteiger partial charge on any atom is 0.372 e. The van der Waals surface area contributed by atoms with Gasteiger partial charge in [-0.05, 0) is 41.4 Å². The number of allylic oxidation sites excluding steroid dienone is 1. The predicted molar refractivity (Wildman–Crippen MR) is 97.1 cm³/mol. The number of anilines is 1. The van der Waals surface area contributed by atoms with Crippen molar-refractivity contribution in [2.45, 2.75) is 20.8 Å². The molecule has 0 fully saturated rings. The molecule has 3 rings (SSSR count). The maximum absolute atomic E-state index is 13.3. The van der Waals surface area contributed by atoms with Gasteiger partial charge in [0.2, 0.25) is 0 Å². The largest absolute Gasteiger partial charge is 0.374 e. The number of nitrogens with zero attached hydrogens (tertiary/aromatic N) is 1. The van der Waals surface area contributed by atoms with Crippen LogP contribution in [-0.4, -0.2) is 5.67 Å². The van der Waals surface area contributed by atoms with Crippen LogP contribution in [0.5, 0.6) is 0 Å². The van der Waals surface area contributed by atoms with Crippen LogP contribution in [0.4, 0.5) is 10.1 Å². The van der Waals surface area contributed by atoms with Gasteiger partial charge in [0.25, 0.3) is 0 Å². The van der Waals surface area contributed by atoms with Gasteiger partial charge in [0.15, 0.2) is 0 Å². The third-order valence-corrected chi connectivity index (χ3v) is 4.81. The summed E-state index contributed by atoms with van der Waals surface area (Å²) in [6.45, 7) is 6.59. The summed E-state index contributed by atoms with van der Waals surface area (Å²) < 4.78 is 13.3. The fraction of sp³-hybridized carbons (Fsp3) is 0.222. The van der Waals surface area contributed by atoms with Gasteiger partial charge < -0.3 is 4.81 Å². The Kier molecular flexibility index (Phi) is 3.90. The van der Waals surface area contributed by atoms with E-state index in [2.05, 4.69) is 65.6 Å². The molecule has 1 aliphatic rings. The first kappa shape index (κ1) is 15.4. The summed E-state index contributed by atoms with van der Waals surface area (Å²) in [5, 5.41) is 0. The summed E-state index contributed by atoms with van der Waals surface area (Å²) in [5.74, 6) is -0.214. The number of rotatable bonds is 1. The lowest BCUT2D eigenvalue weighted by Gasteiger charge is -2.41. The Balaban J connectivity index is 2.17. The smallest absolute Gasteiger partial charge is 0.372 e. The lowest BCUT2D eigenvalue weighted by atomic mass is 9.69. The van der Waals surface area contributed by atoms with Crippen molar-refractivity contribution in [1.82, 2.24) is 0 Å². The van der Waals surface area contributed by atoms with E-state index in [-0.39, 0.29) is 16.9 Å². The number of hydrogen-bond acceptors (Lipinski definition) is 1. The van der Waals surface area contributed by atoms with Crippen molar-refractivity contribution in [1.29, 1.82) is 0 Å². The van der Waals surface area contributed by atoms with Crippen molar-refractivity contribution in [2.24, 2.45) is 5.41 Å². The molecule has 2 aromatic carbocycles. The van der Waals surface area contributed by atoms with Gasteiger partial charge in [0.1, 0.15) is 5.82 Å². The molecule has 112 valence electrons. The van der Waals surface area contributed by atoms with Crippen molar-refractivity contribution < 1.29 is 4.39 Å². The predicted octanol–water partition coefficient (Wildman–Crippen LogP) is 4.82. The molecule has 1 aliphatic heterocycles. The second-order valence-electron chi connectivity index (χ2n) is 6.59. The third-order valence-electron chi connectivity index (χ3n) is 3.90. The van der Waals surface area contributed by atoms with E-state index in [1.807, 2.05) is 18.2 Å². The number of halogens is 2. The summed E-state index contributed by atoms with van der Waals surface area (Å²) in [5.41, 5.74) is 4.66. The van der Waals surface area contributed by atoms with Crippen LogP contribution in [0.15, 0.2) is 54.2 Å². The minimum atomic E-state index is -0.214. The molecule has 2 aromatic rings. The van der Waals surface area contributed by atoms with E-state index in [4.69, 9.17) is 0 Å². The van der Waals surface area contributed by atoms with Gasteiger partial charge in [-0.2, -0.15) is 0 Å². The average Bonchev–Trinajstić information content (AvgIpc) is 2.47. The van der Waals surface area contributed by atoms with E-state index in [1.54, 1.807) is 0 Å². The van der Waals surface area contributed by atoms with E-state index >= 15 is 0 Å². The molecule has 0 bridgehead atoms. The molecule has 0 spiro atoms. The van der Waals surface area contributed by atoms with Crippen LogP contribution in [0.3, 0.4) is 0 Å². The number of benzene rings is 2. The van der Waals surface area contributed by atoms with Crippen LogP contribution < -0.4 is 10.3 Å². The summed E-state index contributed by atoms with van der Waals surface area (Å²) >= 11 is 3.83. The molecular weight excluding hydrogens is 340 g/mol. The second kappa shape index (κ2) is 5.58. The van der Waals surface area contributed by atoms with E-state index < -0.39 is 0 Å². The zero-order valence-corrected chi connectivity index (χ0v) is 14.6. The summed E-state index contributed by atoms with van der Waals surface area (Å²) in [6, 6.07) is 15.0. The van der Waals surface area contributed by atoms with Crippen LogP contribution in [0, 0.1) is 11.2 Å². The first-order valence-corrected chi connectivity index (χ1v) is 8.29. The van der Waals surface area contributed by atoms with Crippen LogP contribution in [-0.2, 0) is 0 Å². The molecule has 0 saturated carbocycles. The van der Waals surface area contributed by atoms with Crippen LogP contribution >= 0.6 is 15.8 Å². The molecule has 0 unspecified atom stereocenters. The molecule has 22 heavy (non-hydrogen) atoms. The van der Waals surface area contributed by atoms with Gasteiger partial charge >= 0.3 is 5.67 Å². The molecule has 0 atom stereocenters. The molecule has 0 aliphatic carbocycles. The SMILES string of the molecule is CC(C)(C)C1=Cc2ccccc2B(Br)N1c1ccc(F)cc1.